The molecular weight excluding hydrogens is 472 g/mol. The highest BCUT2D eigenvalue weighted by Crippen LogP contribution is 2.24. The second kappa shape index (κ2) is 11.6. The fourth-order valence-electron chi connectivity index (χ4n) is 3.14. The van der Waals surface area contributed by atoms with Gasteiger partial charge in [0.05, 0.1) is 11.3 Å². The summed E-state index contributed by atoms with van der Waals surface area (Å²) in [5.74, 6) is -0.0790. The molecule has 0 radical (unpaired) electrons. The molecule has 0 atom stereocenters. The molecule has 8 nitrogen and oxygen atoms in total. The van der Waals surface area contributed by atoms with Gasteiger partial charge in [-0.2, -0.15) is 0 Å². The van der Waals surface area contributed by atoms with Crippen LogP contribution in [0.2, 0.25) is 0 Å². The lowest BCUT2D eigenvalue weighted by molar-refractivity contribution is 0.102. The molecule has 1 amide bonds. The van der Waals surface area contributed by atoms with Crippen LogP contribution in [0.4, 0.5) is 6.01 Å². The molecule has 3 rings (SSSR count). The van der Waals surface area contributed by atoms with Crippen molar-refractivity contribution in [3.63, 3.8) is 0 Å². The van der Waals surface area contributed by atoms with Gasteiger partial charge in [0.15, 0.2) is 0 Å². The van der Waals surface area contributed by atoms with E-state index in [0.29, 0.717) is 24.1 Å². The van der Waals surface area contributed by atoms with Crippen molar-refractivity contribution in [3.05, 3.63) is 65.5 Å². The zero-order chi connectivity index (χ0) is 24.7. The highest BCUT2D eigenvalue weighted by molar-refractivity contribution is 7.99. The minimum atomic E-state index is -3.59. The summed E-state index contributed by atoms with van der Waals surface area (Å²) in [5, 5.41) is 11.0. The van der Waals surface area contributed by atoms with E-state index in [1.54, 1.807) is 18.8 Å². The first-order chi connectivity index (χ1) is 16.2. The Kier molecular flexibility index (Phi) is 8.87. The first kappa shape index (κ1) is 25.9. The zero-order valence-electron chi connectivity index (χ0n) is 19.8. The van der Waals surface area contributed by atoms with Crippen LogP contribution in [-0.2, 0) is 16.4 Å². The number of amides is 1. The zero-order valence-corrected chi connectivity index (χ0v) is 21.4. The van der Waals surface area contributed by atoms with Gasteiger partial charge in [0.1, 0.15) is 0 Å². The molecule has 2 aromatic carbocycles. The van der Waals surface area contributed by atoms with Gasteiger partial charge in [-0.15, -0.1) is 16.9 Å². The van der Waals surface area contributed by atoms with Crippen LogP contribution in [0.5, 0.6) is 0 Å². The molecule has 0 saturated heterocycles. The van der Waals surface area contributed by atoms with Crippen LogP contribution in [0.15, 0.2) is 62.7 Å². The number of carbonyl (C=O) groups excluding carboxylic acids is 1. The molecule has 3 aromatic rings. The molecule has 34 heavy (non-hydrogen) atoms. The summed E-state index contributed by atoms with van der Waals surface area (Å²) >= 11 is 1.79. The molecule has 1 heterocycles. The van der Waals surface area contributed by atoms with E-state index < -0.39 is 15.9 Å². The van der Waals surface area contributed by atoms with E-state index in [4.69, 9.17) is 4.42 Å². The van der Waals surface area contributed by atoms with E-state index in [1.165, 1.54) is 33.5 Å². The highest BCUT2D eigenvalue weighted by Gasteiger charge is 2.21. The summed E-state index contributed by atoms with van der Waals surface area (Å²) in [6, 6.07) is 13.9. The van der Waals surface area contributed by atoms with Crippen molar-refractivity contribution in [2.45, 2.75) is 55.1 Å². The standard InChI is InChI=1S/C24H30N4O4S2/c1-5-6-15-28(4)34(30,31)21-13-9-19(10-14-21)23(29)25-24-27-26-22(32-24)16-18-7-11-20(12-8-18)33-17(2)3/h7-14,17H,5-6,15-16H2,1-4H3,(H,25,27,29). The predicted octanol–water partition coefficient (Wildman–Crippen LogP) is 4.83. The normalized spacial score (nSPS) is 11.8. The maximum atomic E-state index is 12.6. The van der Waals surface area contributed by atoms with Gasteiger partial charge >= 0.3 is 6.01 Å². The number of hydrogen-bond acceptors (Lipinski definition) is 7. The first-order valence-corrected chi connectivity index (χ1v) is 13.5. The Balaban J connectivity index is 1.60. The number of nitrogens with zero attached hydrogens (tertiary/aromatic N) is 3. The number of hydrogen-bond donors (Lipinski definition) is 1. The third kappa shape index (κ3) is 6.91. The Labute approximate surface area is 205 Å². The molecular formula is C24H30N4O4S2. The largest absolute Gasteiger partial charge is 0.407 e. The molecule has 0 spiro atoms. The maximum Gasteiger partial charge on any atom is 0.322 e. The Morgan fingerprint density at radius 2 is 1.76 bits per heavy atom. The van der Waals surface area contributed by atoms with Crippen LogP contribution < -0.4 is 5.32 Å². The van der Waals surface area contributed by atoms with Crippen molar-refractivity contribution in [1.29, 1.82) is 0 Å². The van der Waals surface area contributed by atoms with Gasteiger partial charge in [-0.3, -0.25) is 10.1 Å². The number of sulfonamides is 1. The van der Waals surface area contributed by atoms with Gasteiger partial charge in [0.2, 0.25) is 15.9 Å². The summed E-state index contributed by atoms with van der Waals surface area (Å²) in [7, 11) is -2.04. The SMILES string of the molecule is CCCCN(C)S(=O)(=O)c1ccc(C(=O)Nc2nnc(Cc3ccc(SC(C)C)cc3)o2)cc1. The summed E-state index contributed by atoms with van der Waals surface area (Å²) < 4.78 is 32.1. The second-order valence-electron chi connectivity index (χ2n) is 8.15. The molecule has 0 unspecified atom stereocenters. The van der Waals surface area contributed by atoms with Gasteiger partial charge in [-0.25, -0.2) is 12.7 Å². The third-order valence-corrected chi connectivity index (χ3v) is 7.88. The number of aromatic nitrogens is 2. The highest BCUT2D eigenvalue weighted by atomic mass is 32.2. The summed E-state index contributed by atoms with van der Waals surface area (Å²) in [6.45, 7) is 6.75. The van der Waals surface area contributed by atoms with Gasteiger partial charge < -0.3 is 4.42 Å². The number of rotatable bonds is 11. The van der Waals surface area contributed by atoms with E-state index in [2.05, 4.69) is 41.5 Å². The van der Waals surface area contributed by atoms with Crippen LogP contribution in [0.25, 0.3) is 0 Å². The van der Waals surface area contributed by atoms with Crippen molar-refractivity contribution >= 4 is 33.7 Å². The van der Waals surface area contributed by atoms with Crippen LogP contribution >= 0.6 is 11.8 Å². The molecule has 0 aliphatic carbocycles. The monoisotopic (exact) mass is 502 g/mol. The van der Waals surface area contributed by atoms with Crippen molar-refractivity contribution in [1.82, 2.24) is 14.5 Å². The average Bonchev–Trinajstić information content (AvgIpc) is 3.25. The summed E-state index contributed by atoms with van der Waals surface area (Å²) in [4.78, 5) is 13.9. The van der Waals surface area contributed by atoms with Crippen LogP contribution in [0.1, 0.15) is 55.4 Å². The third-order valence-electron chi connectivity index (χ3n) is 4.99. The van der Waals surface area contributed by atoms with Crippen molar-refractivity contribution < 1.29 is 17.6 Å². The fraction of sp³-hybridized carbons (Fsp3) is 0.375. The quantitative estimate of drug-likeness (QED) is 0.374. The molecule has 10 heteroatoms. The molecule has 0 aliphatic rings. The number of carbonyl (C=O) groups is 1. The molecule has 1 N–H and O–H groups in total. The number of nitrogens with one attached hydrogen (secondary N) is 1. The van der Waals surface area contributed by atoms with Crippen molar-refractivity contribution in [2.24, 2.45) is 0 Å². The lowest BCUT2D eigenvalue weighted by Gasteiger charge is -2.16. The van der Waals surface area contributed by atoms with E-state index in [1.807, 2.05) is 19.1 Å². The van der Waals surface area contributed by atoms with E-state index >= 15 is 0 Å². The summed E-state index contributed by atoms with van der Waals surface area (Å²) in [5.41, 5.74) is 1.31. The first-order valence-electron chi connectivity index (χ1n) is 11.1. The van der Waals surface area contributed by atoms with Crippen LogP contribution in [0, 0.1) is 0 Å². The molecule has 0 aliphatic heterocycles. The van der Waals surface area contributed by atoms with E-state index in [-0.39, 0.29) is 16.5 Å². The predicted molar refractivity (Wildman–Crippen MR) is 134 cm³/mol. The molecule has 182 valence electrons. The molecule has 1 aromatic heterocycles. The van der Waals surface area contributed by atoms with Crippen LogP contribution in [0.3, 0.4) is 0 Å². The number of benzene rings is 2. The van der Waals surface area contributed by atoms with Gasteiger partial charge in [0.25, 0.3) is 5.91 Å². The minimum absolute atomic E-state index is 0.0111. The van der Waals surface area contributed by atoms with Crippen LogP contribution in [-0.4, -0.2) is 47.7 Å². The summed E-state index contributed by atoms with van der Waals surface area (Å²) in [6.07, 6.45) is 2.14. The maximum absolute atomic E-state index is 12.6. The Morgan fingerprint density at radius 1 is 1.09 bits per heavy atom. The second-order valence-corrected chi connectivity index (χ2v) is 11.8. The smallest absolute Gasteiger partial charge is 0.322 e. The lowest BCUT2D eigenvalue weighted by Crippen LogP contribution is -2.28. The van der Waals surface area contributed by atoms with Crippen molar-refractivity contribution in [2.75, 3.05) is 18.9 Å². The number of anilines is 1. The number of thioether (sulfide) groups is 1. The lowest BCUT2D eigenvalue weighted by atomic mass is 10.1. The number of unbranched alkanes of at least 4 members (excludes halogenated alkanes) is 1. The van der Waals surface area contributed by atoms with Gasteiger partial charge in [-0.1, -0.05) is 44.4 Å². The Bertz CT molecular complexity index is 1190. The molecule has 0 bridgehead atoms. The van der Waals surface area contributed by atoms with E-state index in [9.17, 15) is 13.2 Å². The van der Waals surface area contributed by atoms with Gasteiger partial charge in [0, 0.05) is 29.3 Å². The molecule has 0 fully saturated rings. The van der Waals surface area contributed by atoms with E-state index in [0.717, 1.165) is 18.4 Å². The van der Waals surface area contributed by atoms with Crippen molar-refractivity contribution in [3.8, 4) is 0 Å². The molecule has 0 saturated carbocycles. The fourth-order valence-corrected chi connectivity index (χ4v) is 5.18. The Hall–Kier alpha value is -2.69. The van der Waals surface area contributed by atoms with Gasteiger partial charge in [-0.05, 0) is 48.4 Å². The average molecular weight is 503 g/mol. The Morgan fingerprint density at radius 3 is 2.38 bits per heavy atom. The minimum Gasteiger partial charge on any atom is -0.407 e. The topological polar surface area (TPSA) is 105 Å².